The number of nitrogens with one attached hydrogen (secondary N) is 2. The van der Waals surface area contributed by atoms with E-state index in [2.05, 4.69) is 24.1 Å². The van der Waals surface area contributed by atoms with Crippen molar-refractivity contribution in [1.29, 1.82) is 0 Å². The van der Waals surface area contributed by atoms with E-state index in [9.17, 15) is 9.59 Å². The van der Waals surface area contributed by atoms with Crippen molar-refractivity contribution in [3.05, 3.63) is 34.6 Å². The second-order valence-electron chi connectivity index (χ2n) is 5.89. The molecule has 0 fully saturated rings. The number of hydrogen-bond donors (Lipinski definition) is 2. The smallest absolute Gasteiger partial charge is 0.262 e. The van der Waals surface area contributed by atoms with Gasteiger partial charge in [-0.2, -0.15) is 0 Å². The number of para-hydroxylation sites is 1. The predicted octanol–water partition coefficient (Wildman–Crippen LogP) is 0.549. The molecule has 25 heavy (non-hydrogen) atoms. The fourth-order valence-corrected chi connectivity index (χ4v) is 3.65. The molecule has 2 N–H and O–H groups in total. The van der Waals surface area contributed by atoms with E-state index in [1.54, 1.807) is 11.6 Å². The van der Waals surface area contributed by atoms with Crippen LogP contribution in [0.25, 0.3) is 10.9 Å². The molecule has 0 spiro atoms. The highest BCUT2D eigenvalue weighted by atomic mass is 32.2. The first-order chi connectivity index (χ1) is 12.1. The van der Waals surface area contributed by atoms with Crippen molar-refractivity contribution in [3.63, 3.8) is 0 Å². The molecule has 0 atom stereocenters. The van der Waals surface area contributed by atoms with Gasteiger partial charge in [-0.25, -0.2) is 4.98 Å². The second kappa shape index (κ2) is 9.58. The van der Waals surface area contributed by atoms with Gasteiger partial charge in [0.2, 0.25) is 5.91 Å². The Balaban J connectivity index is 2.28. The van der Waals surface area contributed by atoms with Crippen molar-refractivity contribution in [1.82, 2.24) is 14.9 Å². The first-order valence-corrected chi connectivity index (χ1v) is 9.75. The summed E-state index contributed by atoms with van der Waals surface area (Å²) in [5.41, 5.74) is 0.650. The van der Waals surface area contributed by atoms with Crippen LogP contribution in [0.15, 0.2) is 34.2 Å². The number of fused-ring (bicyclic) bond motifs is 1. The van der Waals surface area contributed by atoms with Gasteiger partial charge in [0.25, 0.3) is 5.56 Å². The number of hydrogen-bond acceptors (Lipinski definition) is 4. The third kappa shape index (κ3) is 5.06. The SMILES string of the molecule is CC[NH+](CC)CCCn1c(SCC(=O)NC)nc2ccccc2c1=O. The van der Waals surface area contributed by atoms with E-state index in [0.717, 1.165) is 26.1 Å². The average molecular weight is 364 g/mol. The van der Waals surface area contributed by atoms with Crippen molar-refractivity contribution in [2.24, 2.45) is 0 Å². The summed E-state index contributed by atoms with van der Waals surface area (Å²) in [7, 11) is 1.61. The molecule has 0 aliphatic carbocycles. The number of quaternary nitrogens is 1. The summed E-state index contributed by atoms with van der Waals surface area (Å²) in [6.45, 7) is 8.15. The van der Waals surface area contributed by atoms with E-state index in [-0.39, 0.29) is 17.2 Å². The molecule has 1 aromatic carbocycles. The van der Waals surface area contributed by atoms with E-state index < -0.39 is 0 Å². The number of thioether (sulfide) groups is 1. The van der Waals surface area contributed by atoms with Crippen LogP contribution in [0.1, 0.15) is 20.3 Å². The van der Waals surface area contributed by atoms with Gasteiger partial charge in [-0.15, -0.1) is 0 Å². The first-order valence-electron chi connectivity index (χ1n) is 8.77. The highest BCUT2D eigenvalue weighted by Gasteiger charge is 2.13. The maximum Gasteiger partial charge on any atom is 0.262 e. The van der Waals surface area contributed by atoms with E-state index in [0.29, 0.717) is 22.6 Å². The monoisotopic (exact) mass is 363 g/mol. The Morgan fingerprint density at radius 1 is 1.28 bits per heavy atom. The lowest BCUT2D eigenvalue weighted by molar-refractivity contribution is -0.896. The predicted molar refractivity (Wildman–Crippen MR) is 102 cm³/mol. The average Bonchev–Trinajstić information content (AvgIpc) is 2.65. The number of aromatic nitrogens is 2. The van der Waals surface area contributed by atoms with Gasteiger partial charge in [-0.1, -0.05) is 23.9 Å². The maximum atomic E-state index is 12.9. The van der Waals surface area contributed by atoms with Crippen molar-refractivity contribution < 1.29 is 9.69 Å². The van der Waals surface area contributed by atoms with Gasteiger partial charge in [0, 0.05) is 20.0 Å². The summed E-state index contributed by atoms with van der Waals surface area (Å²) in [5.74, 6) is 0.175. The Bertz CT molecular complexity index is 771. The summed E-state index contributed by atoms with van der Waals surface area (Å²) in [5, 5.41) is 3.84. The van der Waals surface area contributed by atoms with E-state index in [1.165, 1.54) is 16.7 Å². The quantitative estimate of drug-likeness (QED) is 0.504. The van der Waals surface area contributed by atoms with Crippen molar-refractivity contribution >= 4 is 28.6 Å². The molecule has 1 heterocycles. The zero-order chi connectivity index (χ0) is 18.2. The van der Waals surface area contributed by atoms with Crippen LogP contribution in [0.5, 0.6) is 0 Å². The highest BCUT2D eigenvalue weighted by molar-refractivity contribution is 7.99. The Morgan fingerprint density at radius 2 is 2.00 bits per heavy atom. The number of carbonyl (C=O) groups excluding carboxylic acids is 1. The van der Waals surface area contributed by atoms with Gasteiger partial charge in [0.15, 0.2) is 5.16 Å². The van der Waals surface area contributed by atoms with Gasteiger partial charge < -0.3 is 10.2 Å². The zero-order valence-electron chi connectivity index (χ0n) is 15.2. The Morgan fingerprint density at radius 3 is 2.68 bits per heavy atom. The van der Waals surface area contributed by atoms with Crippen LogP contribution in [0.3, 0.4) is 0 Å². The Labute approximate surface area is 152 Å². The fourth-order valence-electron chi connectivity index (χ4n) is 2.75. The molecular weight excluding hydrogens is 336 g/mol. The molecule has 6 nitrogen and oxygen atoms in total. The fraction of sp³-hybridized carbons (Fsp3) is 0.500. The van der Waals surface area contributed by atoms with Crippen LogP contribution >= 0.6 is 11.8 Å². The largest absolute Gasteiger partial charge is 0.358 e. The number of nitrogens with zero attached hydrogens (tertiary/aromatic N) is 2. The normalized spacial score (nSPS) is 11.2. The number of carbonyl (C=O) groups is 1. The van der Waals surface area contributed by atoms with E-state index >= 15 is 0 Å². The number of amides is 1. The molecule has 0 aliphatic rings. The van der Waals surface area contributed by atoms with Crippen LogP contribution in [-0.4, -0.2) is 47.9 Å². The Kier molecular flexibility index (Phi) is 7.46. The van der Waals surface area contributed by atoms with E-state index in [4.69, 9.17) is 0 Å². The summed E-state index contributed by atoms with van der Waals surface area (Å²) in [4.78, 5) is 30.6. The van der Waals surface area contributed by atoms with Crippen molar-refractivity contribution in [2.75, 3.05) is 32.4 Å². The molecule has 2 aromatic rings. The minimum atomic E-state index is -0.0773. The van der Waals surface area contributed by atoms with Crippen molar-refractivity contribution in [2.45, 2.75) is 32.0 Å². The zero-order valence-corrected chi connectivity index (χ0v) is 16.0. The van der Waals surface area contributed by atoms with Crippen LogP contribution in [0.2, 0.25) is 0 Å². The first kappa shape index (κ1) is 19.5. The van der Waals surface area contributed by atoms with Crippen molar-refractivity contribution in [3.8, 4) is 0 Å². The number of rotatable bonds is 9. The molecule has 1 amide bonds. The third-order valence-electron chi connectivity index (χ3n) is 4.35. The summed E-state index contributed by atoms with van der Waals surface area (Å²) < 4.78 is 1.72. The van der Waals surface area contributed by atoms with Gasteiger partial charge in [0.1, 0.15) is 0 Å². The molecule has 0 aliphatic heterocycles. The molecule has 0 unspecified atom stereocenters. The minimum Gasteiger partial charge on any atom is -0.358 e. The summed E-state index contributed by atoms with van der Waals surface area (Å²) >= 11 is 1.31. The van der Waals surface area contributed by atoms with Gasteiger partial charge in [-0.3, -0.25) is 14.2 Å². The van der Waals surface area contributed by atoms with Crippen LogP contribution in [-0.2, 0) is 11.3 Å². The summed E-state index contributed by atoms with van der Waals surface area (Å²) in [6.07, 6.45) is 0.907. The lowest BCUT2D eigenvalue weighted by atomic mass is 10.2. The van der Waals surface area contributed by atoms with Gasteiger partial charge >= 0.3 is 0 Å². The molecule has 2 rings (SSSR count). The Hall–Kier alpha value is -1.86. The van der Waals surface area contributed by atoms with Crippen LogP contribution < -0.4 is 15.8 Å². The number of benzene rings is 1. The highest BCUT2D eigenvalue weighted by Crippen LogP contribution is 2.17. The second-order valence-corrected chi connectivity index (χ2v) is 6.83. The minimum absolute atomic E-state index is 0.0282. The lowest BCUT2D eigenvalue weighted by Gasteiger charge is -2.17. The molecule has 7 heteroatoms. The topological polar surface area (TPSA) is 68.4 Å². The lowest BCUT2D eigenvalue weighted by Crippen LogP contribution is -3.11. The third-order valence-corrected chi connectivity index (χ3v) is 5.33. The molecule has 0 saturated carbocycles. The molecule has 1 aromatic heterocycles. The maximum absolute atomic E-state index is 12.9. The molecule has 136 valence electrons. The molecule has 0 radical (unpaired) electrons. The summed E-state index contributed by atoms with van der Waals surface area (Å²) in [6, 6.07) is 7.37. The van der Waals surface area contributed by atoms with Crippen LogP contribution in [0, 0.1) is 0 Å². The molecule has 0 saturated heterocycles. The van der Waals surface area contributed by atoms with Crippen LogP contribution in [0.4, 0.5) is 0 Å². The molecular formula is C18H27N4O2S+. The standard InChI is InChI=1S/C18H26N4O2S/c1-4-21(5-2)11-8-12-22-17(24)14-9-6-7-10-15(14)20-18(22)25-13-16(23)19-3/h6-7,9-10H,4-5,8,11-13H2,1-3H3,(H,19,23)/p+1. The molecule has 0 bridgehead atoms. The van der Waals surface area contributed by atoms with Gasteiger partial charge in [-0.05, 0) is 26.0 Å². The van der Waals surface area contributed by atoms with E-state index in [1.807, 2.05) is 24.3 Å². The van der Waals surface area contributed by atoms with Gasteiger partial charge in [0.05, 0.1) is 36.3 Å².